The molecule has 0 radical (unpaired) electrons. The normalized spacial score (nSPS) is 17.9. The van der Waals surface area contributed by atoms with Crippen molar-refractivity contribution in [1.82, 2.24) is 19.2 Å². The van der Waals surface area contributed by atoms with Crippen LogP contribution in [-0.2, 0) is 16.6 Å². The Morgan fingerprint density at radius 3 is 2.43 bits per heavy atom. The molecule has 1 fully saturated rings. The maximum Gasteiger partial charge on any atom is 0.243 e. The molecule has 0 unspecified atom stereocenters. The van der Waals surface area contributed by atoms with Gasteiger partial charge >= 0.3 is 0 Å². The average molecular weight is 434 g/mol. The summed E-state index contributed by atoms with van der Waals surface area (Å²) >= 11 is 0. The molecule has 0 aliphatic carbocycles. The van der Waals surface area contributed by atoms with Crippen LogP contribution in [0.25, 0.3) is 0 Å². The zero-order chi connectivity index (χ0) is 21.9. The van der Waals surface area contributed by atoms with Gasteiger partial charge in [-0.05, 0) is 51.2 Å². The smallest absolute Gasteiger partial charge is 0.243 e. The molecule has 3 rings (SSSR count). The van der Waals surface area contributed by atoms with Crippen molar-refractivity contribution >= 4 is 15.8 Å². The molecule has 1 aliphatic rings. The van der Waals surface area contributed by atoms with Crippen molar-refractivity contribution in [3.63, 3.8) is 0 Å². The number of ether oxygens (including phenoxy) is 1. The lowest BCUT2D eigenvalue weighted by Crippen LogP contribution is -2.39. The number of hydrogen-bond acceptors (Lipinski definition) is 7. The van der Waals surface area contributed by atoms with Gasteiger partial charge in [-0.25, -0.2) is 18.4 Å². The SMILES string of the molecule is COc1ccc(S(=O)(=O)N2CCC[C@H](c3nc(CN(C)C)cc(N(C)C)n3)C2)cc1. The van der Waals surface area contributed by atoms with E-state index in [0.29, 0.717) is 31.2 Å². The Balaban J connectivity index is 1.87. The van der Waals surface area contributed by atoms with Crippen LogP contribution in [0.4, 0.5) is 5.82 Å². The molecule has 1 aromatic carbocycles. The first-order chi connectivity index (χ1) is 14.2. The van der Waals surface area contributed by atoms with Gasteiger partial charge in [0.25, 0.3) is 0 Å². The van der Waals surface area contributed by atoms with E-state index >= 15 is 0 Å². The third-order valence-electron chi connectivity index (χ3n) is 5.17. The first-order valence-corrected chi connectivity index (χ1v) is 11.5. The molecule has 30 heavy (non-hydrogen) atoms. The van der Waals surface area contributed by atoms with Crippen LogP contribution in [0.15, 0.2) is 35.2 Å². The molecule has 0 spiro atoms. The highest BCUT2D eigenvalue weighted by Crippen LogP contribution is 2.30. The third kappa shape index (κ3) is 5.08. The number of anilines is 1. The lowest BCUT2D eigenvalue weighted by molar-refractivity contribution is 0.308. The van der Waals surface area contributed by atoms with Gasteiger partial charge in [-0.3, -0.25) is 0 Å². The summed E-state index contributed by atoms with van der Waals surface area (Å²) in [7, 11) is 5.88. The molecule has 0 saturated carbocycles. The molecule has 0 bridgehead atoms. The zero-order valence-electron chi connectivity index (χ0n) is 18.4. The largest absolute Gasteiger partial charge is 0.497 e. The van der Waals surface area contributed by atoms with Crippen molar-refractivity contribution in [2.24, 2.45) is 0 Å². The van der Waals surface area contributed by atoms with Crippen molar-refractivity contribution in [2.45, 2.75) is 30.2 Å². The predicted octanol–water partition coefficient (Wildman–Crippen LogP) is 2.18. The highest BCUT2D eigenvalue weighted by molar-refractivity contribution is 7.89. The summed E-state index contributed by atoms with van der Waals surface area (Å²) in [5, 5.41) is 0. The molecule has 164 valence electrons. The van der Waals surface area contributed by atoms with Crippen LogP contribution in [-0.4, -0.2) is 76.0 Å². The second-order valence-electron chi connectivity index (χ2n) is 8.09. The summed E-state index contributed by atoms with van der Waals surface area (Å²) in [6.45, 7) is 1.59. The van der Waals surface area contributed by atoms with E-state index in [1.807, 2.05) is 39.2 Å². The van der Waals surface area contributed by atoms with Crippen molar-refractivity contribution < 1.29 is 13.2 Å². The molecule has 1 atom stereocenters. The quantitative estimate of drug-likeness (QED) is 0.662. The molecular weight excluding hydrogens is 402 g/mol. The number of piperidine rings is 1. The standard InChI is InChI=1S/C21H31N5O3S/c1-24(2)15-17-13-20(25(3)4)23-21(22-17)16-7-6-12-26(14-16)30(27,28)19-10-8-18(29-5)9-11-19/h8-11,13,16H,6-7,12,14-15H2,1-5H3/t16-/m0/s1. The summed E-state index contributed by atoms with van der Waals surface area (Å²) in [4.78, 5) is 13.8. The van der Waals surface area contributed by atoms with Gasteiger partial charge in [-0.2, -0.15) is 4.31 Å². The highest BCUT2D eigenvalue weighted by atomic mass is 32.2. The van der Waals surface area contributed by atoms with Gasteiger partial charge in [0.05, 0.1) is 17.7 Å². The maximum atomic E-state index is 13.2. The van der Waals surface area contributed by atoms with Crippen LogP contribution >= 0.6 is 0 Å². The number of rotatable bonds is 7. The number of hydrogen-bond donors (Lipinski definition) is 0. The summed E-state index contributed by atoms with van der Waals surface area (Å²) in [6, 6.07) is 8.52. The molecule has 8 nitrogen and oxygen atoms in total. The number of aromatic nitrogens is 2. The van der Waals surface area contributed by atoms with Gasteiger partial charge in [0.2, 0.25) is 10.0 Å². The Morgan fingerprint density at radius 1 is 1.13 bits per heavy atom. The molecule has 9 heteroatoms. The monoisotopic (exact) mass is 433 g/mol. The maximum absolute atomic E-state index is 13.2. The first kappa shape index (κ1) is 22.5. The topological polar surface area (TPSA) is 78.9 Å². The Bertz CT molecular complexity index is 961. The van der Waals surface area contributed by atoms with Crippen molar-refractivity contribution in [2.75, 3.05) is 53.3 Å². The Hall–Kier alpha value is -2.23. The number of benzene rings is 1. The lowest BCUT2D eigenvalue weighted by atomic mass is 9.98. The Labute approximate surface area is 179 Å². The minimum Gasteiger partial charge on any atom is -0.497 e. The van der Waals surface area contributed by atoms with Crippen molar-refractivity contribution in [1.29, 1.82) is 0 Å². The van der Waals surface area contributed by atoms with Crippen LogP contribution in [0, 0.1) is 0 Å². The summed E-state index contributed by atoms with van der Waals surface area (Å²) < 4.78 is 33.1. The summed E-state index contributed by atoms with van der Waals surface area (Å²) in [5.41, 5.74) is 0.934. The minimum atomic E-state index is -3.58. The van der Waals surface area contributed by atoms with E-state index in [0.717, 1.165) is 24.4 Å². The van der Waals surface area contributed by atoms with E-state index in [9.17, 15) is 8.42 Å². The van der Waals surface area contributed by atoms with Gasteiger partial charge in [0.1, 0.15) is 17.4 Å². The first-order valence-electron chi connectivity index (χ1n) is 10.0. The van der Waals surface area contributed by atoms with E-state index in [2.05, 4.69) is 4.90 Å². The lowest BCUT2D eigenvalue weighted by Gasteiger charge is -2.31. The van der Waals surface area contributed by atoms with Crippen LogP contribution in [0.3, 0.4) is 0 Å². The van der Waals surface area contributed by atoms with Gasteiger partial charge in [0, 0.05) is 45.7 Å². The Kier molecular flexibility index (Phi) is 6.95. The number of sulfonamides is 1. The fraction of sp³-hybridized carbons (Fsp3) is 0.524. The fourth-order valence-electron chi connectivity index (χ4n) is 3.59. The van der Waals surface area contributed by atoms with Crippen molar-refractivity contribution in [3.05, 3.63) is 41.9 Å². The van der Waals surface area contributed by atoms with Crippen LogP contribution < -0.4 is 9.64 Å². The second kappa shape index (κ2) is 9.28. The molecule has 1 aliphatic heterocycles. The average Bonchev–Trinajstić information content (AvgIpc) is 2.73. The van der Waals surface area contributed by atoms with Crippen LogP contribution in [0.1, 0.15) is 30.3 Å². The summed E-state index contributed by atoms with van der Waals surface area (Å²) in [5.74, 6) is 2.15. The molecule has 2 aromatic rings. The number of nitrogens with zero attached hydrogens (tertiary/aromatic N) is 5. The van der Waals surface area contributed by atoms with Crippen LogP contribution in [0.2, 0.25) is 0 Å². The molecular formula is C21H31N5O3S. The van der Waals surface area contributed by atoms with Gasteiger partial charge in [-0.15, -0.1) is 0 Å². The molecule has 0 amide bonds. The van der Waals surface area contributed by atoms with E-state index in [-0.39, 0.29) is 10.8 Å². The molecule has 2 heterocycles. The van der Waals surface area contributed by atoms with Gasteiger partial charge < -0.3 is 14.5 Å². The predicted molar refractivity (Wildman–Crippen MR) is 117 cm³/mol. The highest BCUT2D eigenvalue weighted by Gasteiger charge is 2.32. The van der Waals surface area contributed by atoms with E-state index in [1.165, 1.54) is 0 Å². The molecule has 0 N–H and O–H groups in total. The van der Waals surface area contributed by atoms with Crippen molar-refractivity contribution in [3.8, 4) is 5.75 Å². The van der Waals surface area contributed by atoms with Gasteiger partial charge in [0.15, 0.2) is 0 Å². The van der Waals surface area contributed by atoms with E-state index < -0.39 is 10.0 Å². The third-order valence-corrected chi connectivity index (χ3v) is 7.05. The fourth-order valence-corrected chi connectivity index (χ4v) is 5.11. The van der Waals surface area contributed by atoms with Gasteiger partial charge in [-0.1, -0.05) is 0 Å². The van der Waals surface area contributed by atoms with Crippen LogP contribution in [0.5, 0.6) is 5.75 Å². The Morgan fingerprint density at radius 2 is 1.83 bits per heavy atom. The second-order valence-corrected chi connectivity index (χ2v) is 10.0. The van der Waals surface area contributed by atoms with E-state index in [1.54, 1.807) is 35.7 Å². The zero-order valence-corrected chi connectivity index (χ0v) is 19.2. The van der Waals surface area contributed by atoms with E-state index in [4.69, 9.17) is 14.7 Å². The molecule has 1 aromatic heterocycles. The minimum absolute atomic E-state index is 0.0346. The molecule has 1 saturated heterocycles. The number of methoxy groups -OCH3 is 1. The summed E-state index contributed by atoms with van der Waals surface area (Å²) in [6.07, 6.45) is 1.64.